The van der Waals surface area contributed by atoms with Gasteiger partial charge in [0.05, 0.1) is 39.6 Å². The van der Waals surface area contributed by atoms with Gasteiger partial charge >= 0.3 is 11.9 Å². The van der Waals surface area contributed by atoms with Gasteiger partial charge in [-0.2, -0.15) is 0 Å². The molecule has 0 saturated carbocycles. The molecule has 0 spiro atoms. The summed E-state index contributed by atoms with van der Waals surface area (Å²) >= 11 is 0. The summed E-state index contributed by atoms with van der Waals surface area (Å²) in [7, 11) is 0. The van der Waals surface area contributed by atoms with Crippen LogP contribution in [0, 0.1) is 0 Å². The van der Waals surface area contributed by atoms with Crippen molar-refractivity contribution in [1.29, 1.82) is 0 Å². The maximum absolute atomic E-state index is 12.2. The monoisotopic (exact) mass is 664 g/mol. The molecule has 0 aliphatic heterocycles. The van der Waals surface area contributed by atoms with Crippen molar-refractivity contribution in [3.8, 4) is 33.9 Å². The molecular weight excluding hydrogens is 636 g/mol. The van der Waals surface area contributed by atoms with Crippen LogP contribution in [0.25, 0.3) is 55.4 Å². The van der Waals surface area contributed by atoms with Crippen molar-refractivity contribution in [2.45, 2.75) is 0 Å². The van der Waals surface area contributed by atoms with E-state index >= 15 is 0 Å². The number of nitrogens with zero attached hydrogens (tertiary/aromatic N) is 4. The largest absolute Gasteiger partial charge is 0.478 e. The van der Waals surface area contributed by atoms with Gasteiger partial charge in [-0.1, -0.05) is 84.9 Å². The van der Waals surface area contributed by atoms with E-state index in [-0.39, 0.29) is 22.5 Å². The molecule has 5 aromatic carbocycles. The van der Waals surface area contributed by atoms with Crippen molar-refractivity contribution in [1.82, 2.24) is 15.0 Å². The average Bonchev–Trinajstić information content (AvgIpc) is 3.18. The lowest BCUT2D eigenvalue weighted by Crippen LogP contribution is -2.11. The number of para-hydroxylation sites is 2. The maximum Gasteiger partial charge on any atom is 0.335 e. The minimum atomic E-state index is -1.15. The van der Waals surface area contributed by atoms with E-state index < -0.39 is 11.9 Å². The molecular formula is C43H28N4O4. The van der Waals surface area contributed by atoms with Crippen LogP contribution in [0.1, 0.15) is 20.7 Å². The Balaban J connectivity index is 1.35. The average molecular weight is 665 g/mol. The molecule has 8 heteroatoms. The van der Waals surface area contributed by atoms with E-state index in [1.807, 2.05) is 72.8 Å². The Hall–Kier alpha value is -7.19. The van der Waals surface area contributed by atoms with Gasteiger partial charge in [-0.25, -0.2) is 14.6 Å². The zero-order chi connectivity index (χ0) is 34.9. The molecule has 0 bridgehead atoms. The third kappa shape index (κ3) is 5.81. The first-order valence-corrected chi connectivity index (χ1v) is 16.2. The van der Waals surface area contributed by atoms with Gasteiger partial charge in [0, 0.05) is 34.5 Å². The van der Waals surface area contributed by atoms with Crippen molar-refractivity contribution >= 4 is 50.5 Å². The van der Waals surface area contributed by atoms with E-state index in [9.17, 15) is 19.8 Å². The molecule has 8 rings (SSSR count). The summed E-state index contributed by atoms with van der Waals surface area (Å²) in [5.74, 6) is -2.27. The zero-order valence-corrected chi connectivity index (χ0v) is 27.0. The number of hydrogen-bond acceptors (Lipinski definition) is 6. The van der Waals surface area contributed by atoms with Crippen molar-refractivity contribution in [3.05, 3.63) is 169 Å². The van der Waals surface area contributed by atoms with Gasteiger partial charge in [0.15, 0.2) is 0 Å². The molecule has 0 unspecified atom stereocenters. The third-order valence-corrected chi connectivity index (χ3v) is 8.81. The number of carbonyl (C=O) groups is 2. The van der Waals surface area contributed by atoms with Crippen molar-refractivity contribution in [3.63, 3.8) is 0 Å². The molecule has 0 atom stereocenters. The number of carboxylic acids is 2. The van der Waals surface area contributed by atoms with E-state index in [2.05, 4.69) is 63.4 Å². The first-order valence-electron chi connectivity index (χ1n) is 16.2. The standard InChI is InChI=1S/C43H28N4O4/c48-42(49)28-20-22-45-37(24-28)39-26-29(43(50)51)25-38(46-39)36-23-27(19-21-44-36)40-32-15-7-9-17-34(32)41(35-18-10-8-16-33(35)40)47(30-11-3-1-4-12-30)31-13-5-2-6-14-31/h1-26H,(H,48,49)(H,50,51). The minimum absolute atomic E-state index is 0.0181. The Morgan fingerprint density at radius 1 is 0.471 bits per heavy atom. The lowest BCUT2D eigenvalue weighted by Gasteiger charge is -2.29. The fraction of sp³-hybridized carbons (Fsp3) is 0. The summed E-state index contributed by atoms with van der Waals surface area (Å²) in [5, 5.41) is 23.7. The molecule has 0 radical (unpaired) electrons. The number of fused-ring (bicyclic) bond motifs is 2. The Bertz CT molecular complexity index is 2510. The molecule has 0 amide bonds. The van der Waals surface area contributed by atoms with Gasteiger partial charge < -0.3 is 15.1 Å². The lowest BCUT2D eigenvalue weighted by molar-refractivity contribution is 0.0686. The van der Waals surface area contributed by atoms with Gasteiger partial charge in [0.2, 0.25) is 0 Å². The molecule has 3 aromatic heterocycles. The van der Waals surface area contributed by atoms with Gasteiger partial charge in [0.25, 0.3) is 0 Å². The molecule has 8 aromatic rings. The Morgan fingerprint density at radius 2 is 0.922 bits per heavy atom. The molecule has 0 aliphatic carbocycles. The van der Waals surface area contributed by atoms with Gasteiger partial charge in [-0.05, 0) is 82.6 Å². The zero-order valence-electron chi connectivity index (χ0n) is 27.0. The molecule has 2 N–H and O–H groups in total. The highest BCUT2D eigenvalue weighted by molar-refractivity contribution is 6.22. The molecule has 0 fully saturated rings. The number of hydrogen-bond donors (Lipinski definition) is 2. The quantitative estimate of drug-likeness (QED) is 0.154. The predicted octanol–water partition coefficient (Wildman–Crippen LogP) is 10.0. The molecule has 8 nitrogen and oxygen atoms in total. The van der Waals surface area contributed by atoms with Gasteiger partial charge in [0.1, 0.15) is 0 Å². The van der Waals surface area contributed by atoms with Crippen LogP contribution in [0.15, 0.2) is 158 Å². The maximum atomic E-state index is 12.2. The fourth-order valence-electron chi connectivity index (χ4n) is 6.56. The van der Waals surface area contributed by atoms with E-state index in [1.54, 1.807) is 6.20 Å². The fourth-order valence-corrected chi connectivity index (χ4v) is 6.56. The molecule has 0 aliphatic rings. The smallest absolute Gasteiger partial charge is 0.335 e. The summed E-state index contributed by atoms with van der Waals surface area (Å²) in [4.78, 5) is 39.8. The Morgan fingerprint density at radius 3 is 1.45 bits per heavy atom. The van der Waals surface area contributed by atoms with Crippen LogP contribution in [0.5, 0.6) is 0 Å². The molecule has 3 heterocycles. The van der Waals surface area contributed by atoms with Gasteiger partial charge in [-0.3, -0.25) is 9.97 Å². The van der Waals surface area contributed by atoms with Crippen LogP contribution >= 0.6 is 0 Å². The van der Waals surface area contributed by atoms with Crippen LogP contribution < -0.4 is 4.90 Å². The lowest BCUT2D eigenvalue weighted by atomic mass is 9.89. The number of benzene rings is 5. The van der Waals surface area contributed by atoms with E-state index in [0.717, 1.165) is 49.7 Å². The number of aromatic carboxylic acids is 2. The number of carboxylic acid groups (broad SMARTS) is 2. The SMILES string of the molecule is O=C(O)c1ccnc(-c2cc(C(=O)O)cc(-c3cc(-c4c5ccccc5c(N(c5ccccc5)c5ccccc5)c5ccccc45)ccn3)n2)c1. The Labute approximate surface area is 292 Å². The highest BCUT2D eigenvalue weighted by Gasteiger charge is 2.22. The van der Waals surface area contributed by atoms with Crippen LogP contribution in [0.2, 0.25) is 0 Å². The highest BCUT2D eigenvalue weighted by atomic mass is 16.4. The first-order chi connectivity index (χ1) is 25.0. The first kappa shape index (κ1) is 31.1. The predicted molar refractivity (Wildman–Crippen MR) is 200 cm³/mol. The number of rotatable bonds is 8. The highest BCUT2D eigenvalue weighted by Crippen LogP contribution is 2.48. The summed E-state index contributed by atoms with van der Waals surface area (Å²) in [6.45, 7) is 0. The van der Waals surface area contributed by atoms with Gasteiger partial charge in [-0.15, -0.1) is 0 Å². The van der Waals surface area contributed by atoms with Crippen molar-refractivity contribution in [2.24, 2.45) is 0 Å². The number of aromatic nitrogens is 3. The van der Waals surface area contributed by atoms with Crippen LogP contribution in [-0.4, -0.2) is 37.1 Å². The van der Waals surface area contributed by atoms with Crippen LogP contribution in [0.3, 0.4) is 0 Å². The second kappa shape index (κ2) is 13.0. The normalized spacial score (nSPS) is 11.1. The van der Waals surface area contributed by atoms with Crippen molar-refractivity contribution < 1.29 is 19.8 Å². The minimum Gasteiger partial charge on any atom is -0.478 e. The summed E-state index contributed by atoms with van der Waals surface area (Å²) in [6, 6.07) is 46.8. The molecule has 0 saturated heterocycles. The topological polar surface area (TPSA) is 117 Å². The summed E-state index contributed by atoms with van der Waals surface area (Å²) < 4.78 is 0. The van der Waals surface area contributed by atoms with Crippen LogP contribution in [0.4, 0.5) is 17.1 Å². The number of pyridine rings is 3. The second-order valence-corrected chi connectivity index (χ2v) is 11.9. The van der Waals surface area contributed by atoms with E-state index in [0.29, 0.717) is 11.4 Å². The van der Waals surface area contributed by atoms with E-state index in [4.69, 9.17) is 4.98 Å². The number of anilines is 3. The summed E-state index contributed by atoms with van der Waals surface area (Å²) in [5.41, 5.74) is 6.22. The Kier molecular flexibility index (Phi) is 7.94. The summed E-state index contributed by atoms with van der Waals surface area (Å²) in [6.07, 6.45) is 3.06. The molecule has 244 valence electrons. The van der Waals surface area contributed by atoms with Crippen LogP contribution in [-0.2, 0) is 0 Å². The van der Waals surface area contributed by atoms with E-state index in [1.165, 1.54) is 30.5 Å². The third-order valence-electron chi connectivity index (χ3n) is 8.81. The second-order valence-electron chi connectivity index (χ2n) is 11.9. The molecule has 51 heavy (non-hydrogen) atoms. The van der Waals surface area contributed by atoms with Crippen molar-refractivity contribution in [2.75, 3.05) is 4.90 Å².